The van der Waals surface area contributed by atoms with Gasteiger partial charge in [-0.1, -0.05) is 36.4 Å². The third-order valence-corrected chi connectivity index (χ3v) is 4.70. The quantitative estimate of drug-likeness (QED) is 0.800. The molecule has 0 saturated carbocycles. The molecule has 2 aromatic rings. The smallest absolute Gasteiger partial charge is 0.338 e. The van der Waals surface area contributed by atoms with E-state index in [1.165, 1.54) is 0 Å². The molecule has 0 fully saturated rings. The fourth-order valence-corrected chi connectivity index (χ4v) is 3.40. The summed E-state index contributed by atoms with van der Waals surface area (Å²) >= 11 is 0. The highest BCUT2D eigenvalue weighted by Gasteiger charge is 2.37. The Morgan fingerprint density at radius 3 is 2.45 bits per heavy atom. The van der Waals surface area contributed by atoms with Gasteiger partial charge < -0.3 is 15.2 Å². The van der Waals surface area contributed by atoms with Gasteiger partial charge in [-0.2, -0.15) is 10.5 Å². The van der Waals surface area contributed by atoms with Crippen LogP contribution in [0.25, 0.3) is 11.1 Å². The minimum absolute atomic E-state index is 0.0299. The molecule has 0 aromatic heterocycles. The van der Waals surface area contributed by atoms with Gasteiger partial charge in [-0.05, 0) is 42.7 Å². The van der Waals surface area contributed by atoms with Crippen molar-refractivity contribution in [3.05, 3.63) is 82.4 Å². The van der Waals surface area contributed by atoms with E-state index in [0.717, 1.165) is 16.7 Å². The first-order valence-electron chi connectivity index (χ1n) is 9.06. The molecule has 0 radical (unpaired) electrons. The zero-order valence-corrected chi connectivity index (χ0v) is 16.1. The number of allylic oxidation sites excluding steroid dienone is 2. The average molecular weight is 385 g/mol. The molecule has 2 N–H and O–H groups in total. The van der Waals surface area contributed by atoms with E-state index in [-0.39, 0.29) is 23.6 Å². The van der Waals surface area contributed by atoms with Crippen molar-refractivity contribution in [3.8, 4) is 23.3 Å². The minimum Gasteiger partial charge on any atom is -0.463 e. The van der Waals surface area contributed by atoms with Crippen molar-refractivity contribution in [1.82, 2.24) is 0 Å². The minimum atomic E-state index is -0.723. The fraction of sp³-hybridized carbons (Fsp3) is 0.174. The summed E-state index contributed by atoms with van der Waals surface area (Å²) in [5, 5.41) is 18.8. The van der Waals surface area contributed by atoms with Gasteiger partial charge in [-0.3, -0.25) is 0 Å². The number of hydrogen-bond acceptors (Lipinski definition) is 6. The van der Waals surface area contributed by atoms with E-state index >= 15 is 0 Å². The number of carbonyl (C=O) groups is 1. The third-order valence-electron chi connectivity index (χ3n) is 4.70. The van der Waals surface area contributed by atoms with E-state index in [9.17, 15) is 10.1 Å². The predicted octanol–water partition coefficient (Wildman–Crippen LogP) is 3.87. The Labute approximate surface area is 169 Å². The number of esters is 1. The summed E-state index contributed by atoms with van der Waals surface area (Å²) in [5.74, 6) is -0.998. The molecule has 144 valence electrons. The Morgan fingerprint density at radius 1 is 1.14 bits per heavy atom. The number of ether oxygens (including phenoxy) is 2. The highest BCUT2D eigenvalue weighted by atomic mass is 16.5. The molecular formula is C23H19N3O3. The molecule has 1 unspecified atom stereocenters. The monoisotopic (exact) mass is 385 g/mol. The summed E-state index contributed by atoms with van der Waals surface area (Å²) < 4.78 is 10.7. The molecule has 1 aliphatic rings. The lowest BCUT2D eigenvalue weighted by atomic mass is 9.79. The van der Waals surface area contributed by atoms with Gasteiger partial charge in [-0.25, -0.2) is 4.79 Å². The molecule has 3 rings (SSSR count). The van der Waals surface area contributed by atoms with Crippen molar-refractivity contribution in [2.24, 2.45) is 5.73 Å². The maximum atomic E-state index is 12.7. The highest BCUT2D eigenvalue weighted by molar-refractivity contribution is 5.93. The SMILES string of the molecule is CCOC(=O)C1=C(C)OC(N)=C(C#N)C1c1ccccc1-c1ccc(C#N)cc1. The second-order valence-electron chi connectivity index (χ2n) is 6.39. The van der Waals surface area contributed by atoms with Gasteiger partial charge in [0.05, 0.1) is 29.7 Å². The fourth-order valence-electron chi connectivity index (χ4n) is 3.40. The van der Waals surface area contributed by atoms with Gasteiger partial charge in [0.15, 0.2) is 0 Å². The maximum absolute atomic E-state index is 12.7. The normalized spacial score (nSPS) is 15.9. The standard InChI is InChI=1S/C23H19N3O3/c1-3-28-23(27)20-14(2)29-22(26)19(13-25)21(20)18-7-5-4-6-17(18)16-10-8-15(12-24)9-11-16/h4-11,21H,3,26H2,1-2H3. The third kappa shape index (κ3) is 3.69. The van der Waals surface area contributed by atoms with Crippen LogP contribution in [-0.4, -0.2) is 12.6 Å². The average Bonchev–Trinajstić information content (AvgIpc) is 2.73. The summed E-state index contributed by atoms with van der Waals surface area (Å²) in [6, 6.07) is 18.7. The van der Waals surface area contributed by atoms with Crippen LogP contribution < -0.4 is 5.73 Å². The second-order valence-corrected chi connectivity index (χ2v) is 6.39. The van der Waals surface area contributed by atoms with Gasteiger partial charge >= 0.3 is 5.97 Å². The zero-order valence-electron chi connectivity index (χ0n) is 16.1. The van der Waals surface area contributed by atoms with Crippen LogP contribution in [0.1, 0.15) is 30.9 Å². The molecule has 29 heavy (non-hydrogen) atoms. The summed E-state index contributed by atoms with van der Waals surface area (Å²) in [6.45, 7) is 3.54. The number of rotatable bonds is 4. The van der Waals surface area contributed by atoms with E-state index in [1.54, 1.807) is 26.0 Å². The van der Waals surface area contributed by atoms with E-state index < -0.39 is 11.9 Å². The topological polar surface area (TPSA) is 109 Å². The molecule has 1 aliphatic heterocycles. The van der Waals surface area contributed by atoms with Gasteiger partial charge in [0.2, 0.25) is 5.88 Å². The first-order valence-corrected chi connectivity index (χ1v) is 9.06. The lowest BCUT2D eigenvalue weighted by molar-refractivity contribution is -0.139. The molecule has 0 bridgehead atoms. The predicted molar refractivity (Wildman–Crippen MR) is 107 cm³/mol. The summed E-state index contributed by atoms with van der Waals surface area (Å²) in [6.07, 6.45) is 0. The first kappa shape index (κ1) is 19.7. The van der Waals surface area contributed by atoms with Gasteiger partial charge in [0, 0.05) is 0 Å². The van der Waals surface area contributed by atoms with Crippen molar-refractivity contribution in [1.29, 1.82) is 10.5 Å². The molecule has 0 saturated heterocycles. The van der Waals surface area contributed by atoms with Gasteiger partial charge in [0.25, 0.3) is 0 Å². The Hall–Kier alpha value is -4.03. The largest absolute Gasteiger partial charge is 0.463 e. The van der Waals surface area contributed by atoms with Crippen LogP contribution in [0, 0.1) is 22.7 Å². The Morgan fingerprint density at radius 2 is 1.83 bits per heavy atom. The lowest BCUT2D eigenvalue weighted by Crippen LogP contribution is -2.25. The number of benzene rings is 2. The molecule has 0 amide bonds. The van der Waals surface area contributed by atoms with E-state index in [4.69, 9.17) is 20.5 Å². The molecule has 6 heteroatoms. The molecule has 2 aromatic carbocycles. The van der Waals surface area contributed by atoms with Gasteiger partial charge in [-0.15, -0.1) is 0 Å². The maximum Gasteiger partial charge on any atom is 0.338 e. The number of nitrogens with zero attached hydrogens (tertiary/aromatic N) is 2. The Kier molecular flexibility index (Phi) is 5.66. The lowest BCUT2D eigenvalue weighted by Gasteiger charge is -2.28. The first-order chi connectivity index (χ1) is 14.0. The number of hydrogen-bond donors (Lipinski definition) is 1. The highest BCUT2D eigenvalue weighted by Crippen LogP contribution is 2.43. The molecule has 1 heterocycles. The number of carbonyl (C=O) groups excluding carboxylic acids is 1. The summed E-state index contributed by atoms with van der Waals surface area (Å²) in [4.78, 5) is 12.7. The van der Waals surface area contributed by atoms with Crippen molar-refractivity contribution < 1.29 is 14.3 Å². The van der Waals surface area contributed by atoms with Crippen LogP contribution in [0.3, 0.4) is 0 Å². The van der Waals surface area contributed by atoms with Crippen molar-refractivity contribution in [3.63, 3.8) is 0 Å². The molecule has 6 nitrogen and oxygen atoms in total. The van der Waals surface area contributed by atoms with Crippen LogP contribution in [-0.2, 0) is 14.3 Å². The molecule has 0 aliphatic carbocycles. The summed E-state index contributed by atoms with van der Waals surface area (Å²) in [5.41, 5.74) is 9.32. The van der Waals surface area contributed by atoms with E-state index in [0.29, 0.717) is 11.3 Å². The summed E-state index contributed by atoms with van der Waals surface area (Å²) in [7, 11) is 0. The number of nitrogens with two attached hydrogens (primary N) is 1. The van der Waals surface area contributed by atoms with Crippen molar-refractivity contribution >= 4 is 5.97 Å². The van der Waals surface area contributed by atoms with Crippen LogP contribution in [0.15, 0.2) is 71.3 Å². The van der Waals surface area contributed by atoms with Crippen LogP contribution >= 0.6 is 0 Å². The van der Waals surface area contributed by atoms with E-state index in [2.05, 4.69) is 12.1 Å². The Bertz CT molecular complexity index is 1100. The second kappa shape index (κ2) is 8.33. The van der Waals surface area contributed by atoms with Crippen LogP contribution in [0.4, 0.5) is 0 Å². The van der Waals surface area contributed by atoms with Crippen LogP contribution in [0.5, 0.6) is 0 Å². The molecule has 1 atom stereocenters. The van der Waals surface area contributed by atoms with Gasteiger partial charge in [0.1, 0.15) is 17.4 Å². The van der Waals surface area contributed by atoms with Crippen LogP contribution in [0.2, 0.25) is 0 Å². The van der Waals surface area contributed by atoms with Crippen molar-refractivity contribution in [2.45, 2.75) is 19.8 Å². The number of nitriles is 2. The zero-order chi connectivity index (χ0) is 21.0. The Balaban J connectivity index is 2.23. The van der Waals surface area contributed by atoms with E-state index in [1.807, 2.05) is 36.4 Å². The molecular weight excluding hydrogens is 366 g/mol. The molecule has 0 spiro atoms. The van der Waals surface area contributed by atoms with Crippen molar-refractivity contribution in [2.75, 3.05) is 6.61 Å².